The molecule has 0 fully saturated rings. The largest absolute Gasteiger partial charge is 0.507 e. The first-order valence-corrected chi connectivity index (χ1v) is 5.42. The van der Waals surface area contributed by atoms with Crippen LogP contribution in [0.4, 0.5) is 0 Å². The van der Waals surface area contributed by atoms with E-state index in [0.717, 1.165) is 17.9 Å². The average molecular weight is 221 g/mol. The lowest BCUT2D eigenvalue weighted by atomic mass is 10.1. The van der Waals surface area contributed by atoms with E-state index in [4.69, 9.17) is 4.74 Å². The molecule has 0 amide bonds. The summed E-state index contributed by atoms with van der Waals surface area (Å²) in [4.78, 5) is 4.28. The third-order valence-electron chi connectivity index (χ3n) is 2.24. The van der Waals surface area contributed by atoms with Crippen molar-refractivity contribution in [2.24, 2.45) is 10.9 Å². The molecule has 0 bridgehead atoms. The van der Waals surface area contributed by atoms with E-state index >= 15 is 0 Å². The molecule has 0 aliphatic carbocycles. The number of ether oxygens (including phenoxy) is 1. The Bertz CT molecular complexity index is 384. The summed E-state index contributed by atoms with van der Waals surface area (Å²) in [6.07, 6.45) is 1.70. The number of aromatic hydroxyl groups is 1. The molecule has 3 nitrogen and oxygen atoms in total. The summed E-state index contributed by atoms with van der Waals surface area (Å²) in [6.45, 7) is 6.81. The molecular weight excluding hydrogens is 202 g/mol. The number of aryl methyl sites for hydroxylation is 1. The van der Waals surface area contributed by atoms with Crippen LogP contribution in [0.25, 0.3) is 0 Å². The van der Waals surface area contributed by atoms with Crippen LogP contribution in [-0.2, 0) is 0 Å². The highest BCUT2D eigenvalue weighted by atomic mass is 16.5. The van der Waals surface area contributed by atoms with E-state index in [2.05, 4.69) is 18.8 Å². The van der Waals surface area contributed by atoms with Gasteiger partial charge in [-0.05, 0) is 30.5 Å². The van der Waals surface area contributed by atoms with Crippen LogP contribution in [0.15, 0.2) is 17.1 Å². The fourth-order valence-corrected chi connectivity index (χ4v) is 1.35. The Balaban J connectivity index is 2.94. The molecule has 0 aliphatic rings. The van der Waals surface area contributed by atoms with Gasteiger partial charge in [0, 0.05) is 18.3 Å². The summed E-state index contributed by atoms with van der Waals surface area (Å²) in [5, 5.41) is 9.84. The molecule has 88 valence electrons. The maximum absolute atomic E-state index is 9.84. The maximum Gasteiger partial charge on any atom is 0.127 e. The molecule has 0 saturated carbocycles. The fourth-order valence-electron chi connectivity index (χ4n) is 1.35. The Morgan fingerprint density at radius 2 is 2.12 bits per heavy atom. The quantitative estimate of drug-likeness (QED) is 0.794. The Kier molecular flexibility index (Phi) is 4.35. The predicted octanol–water partition coefficient (Wildman–Crippen LogP) is 2.78. The Hall–Kier alpha value is -1.51. The third-order valence-corrected chi connectivity index (χ3v) is 2.24. The number of rotatable bonds is 4. The third kappa shape index (κ3) is 3.26. The zero-order chi connectivity index (χ0) is 12.1. The van der Waals surface area contributed by atoms with Crippen molar-refractivity contribution in [1.82, 2.24) is 0 Å². The molecule has 0 heterocycles. The molecule has 1 aromatic carbocycles. The average Bonchev–Trinajstić information content (AvgIpc) is 2.23. The Morgan fingerprint density at radius 3 is 2.69 bits per heavy atom. The van der Waals surface area contributed by atoms with Gasteiger partial charge in [-0.15, -0.1) is 0 Å². The predicted molar refractivity (Wildman–Crippen MR) is 66.7 cm³/mol. The summed E-state index contributed by atoms with van der Waals surface area (Å²) in [5.41, 5.74) is 1.50. The Morgan fingerprint density at radius 1 is 1.44 bits per heavy atom. The van der Waals surface area contributed by atoms with E-state index in [1.807, 2.05) is 6.92 Å². The summed E-state index contributed by atoms with van der Waals surface area (Å²) < 4.78 is 5.15. The lowest BCUT2D eigenvalue weighted by Gasteiger charge is -2.07. The van der Waals surface area contributed by atoms with E-state index in [1.165, 1.54) is 0 Å². The van der Waals surface area contributed by atoms with Crippen LogP contribution in [-0.4, -0.2) is 25.0 Å². The normalized spacial score (nSPS) is 11.3. The number of phenolic OH excluding ortho intramolecular Hbond substituents is 1. The van der Waals surface area contributed by atoms with Gasteiger partial charge in [-0.1, -0.05) is 13.8 Å². The van der Waals surface area contributed by atoms with Crippen molar-refractivity contribution >= 4 is 6.21 Å². The number of nitrogens with zero attached hydrogens (tertiary/aromatic N) is 1. The number of methoxy groups -OCH3 is 1. The van der Waals surface area contributed by atoms with Crippen LogP contribution in [0.2, 0.25) is 0 Å². The second kappa shape index (κ2) is 5.54. The van der Waals surface area contributed by atoms with E-state index in [9.17, 15) is 5.11 Å². The van der Waals surface area contributed by atoms with Gasteiger partial charge < -0.3 is 9.84 Å². The zero-order valence-corrected chi connectivity index (χ0v) is 10.3. The van der Waals surface area contributed by atoms with Crippen molar-refractivity contribution < 1.29 is 9.84 Å². The van der Waals surface area contributed by atoms with Crippen molar-refractivity contribution in [2.45, 2.75) is 20.8 Å². The van der Waals surface area contributed by atoms with Crippen molar-refractivity contribution in [1.29, 1.82) is 0 Å². The van der Waals surface area contributed by atoms with E-state index < -0.39 is 0 Å². The molecule has 1 aromatic rings. The van der Waals surface area contributed by atoms with Gasteiger partial charge in [0.25, 0.3) is 0 Å². The summed E-state index contributed by atoms with van der Waals surface area (Å²) >= 11 is 0. The smallest absolute Gasteiger partial charge is 0.127 e. The molecule has 0 aromatic heterocycles. The van der Waals surface area contributed by atoms with Crippen LogP contribution in [0.5, 0.6) is 11.5 Å². The molecule has 0 unspecified atom stereocenters. The van der Waals surface area contributed by atoms with Crippen LogP contribution < -0.4 is 4.74 Å². The molecule has 1 N–H and O–H groups in total. The summed E-state index contributed by atoms with van der Waals surface area (Å²) in [7, 11) is 1.61. The number of aliphatic imine (C=N–C) groups is 1. The van der Waals surface area contributed by atoms with Gasteiger partial charge in [-0.2, -0.15) is 0 Å². The first-order chi connectivity index (χ1) is 7.54. The van der Waals surface area contributed by atoms with Crippen molar-refractivity contribution in [3.8, 4) is 11.5 Å². The van der Waals surface area contributed by atoms with E-state index in [0.29, 0.717) is 11.5 Å². The van der Waals surface area contributed by atoms with Gasteiger partial charge in [0.2, 0.25) is 0 Å². The number of phenols is 1. The summed E-state index contributed by atoms with van der Waals surface area (Å²) in [6, 6.07) is 3.58. The number of hydrogen-bond donors (Lipinski definition) is 1. The van der Waals surface area contributed by atoms with Gasteiger partial charge in [0.1, 0.15) is 11.5 Å². The van der Waals surface area contributed by atoms with Crippen molar-refractivity contribution in [2.75, 3.05) is 13.7 Å². The zero-order valence-electron chi connectivity index (χ0n) is 10.3. The first kappa shape index (κ1) is 12.6. The van der Waals surface area contributed by atoms with Crippen molar-refractivity contribution in [3.63, 3.8) is 0 Å². The maximum atomic E-state index is 9.84. The van der Waals surface area contributed by atoms with Gasteiger partial charge >= 0.3 is 0 Å². The molecule has 0 spiro atoms. The SMILES string of the molecule is COc1cc(C)c(O)c(C=NCC(C)C)c1. The molecule has 3 heteroatoms. The van der Waals surface area contributed by atoms with Gasteiger partial charge in [0.15, 0.2) is 0 Å². The highest BCUT2D eigenvalue weighted by molar-refractivity contribution is 5.84. The number of benzene rings is 1. The topological polar surface area (TPSA) is 41.8 Å². The minimum Gasteiger partial charge on any atom is -0.507 e. The van der Waals surface area contributed by atoms with Crippen LogP contribution in [0.3, 0.4) is 0 Å². The number of hydrogen-bond acceptors (Lipinski definition) is 3. The molecule has 0 radical (unpaired) electrons. The summed E-state index contributed by atoms with van der Waals surface area (Å²) in [5.74, 6) is 1.53. The van der Waals surface area contributed by atoms with Gasteiger partial charge in [-0.3, -0.25) is 4.99 Å². The Labute approximate surface area is 96.8 Å². The highest BCUT2D eigenvalue weighted by Gasteiger charge is 2.05. The second-order valence-corrected chi connectivity index (χ2v) is 4.27. The monoisotopic (exact) mass is 221 g/mol. The molecule has 0 saturated heterocycles. The van der Waals surface area contributed by atoms with E-state index in [1.54, 1.807) is 25.5 Å². The molecule has 0 aliphatic heterocycles. The molecule has 0 atom stereocenters. The minimum absolute atomic E-state index is 0.272. The molecular formula is C13H19NO2. The molecule has 1 rings (SSSR count). The minimum atomic E-state index is 0.272. The van der Waals surface area contributed by atoms with E-state index in [-0.39, 0.29) is 5.75 Å². The lowest BCUT2D eigenvalue weighted by Crippen LogP contribution is -1.94. The lowest BCUT2D eigenvalue weighted by molar-refractivity contribution is 0.411. The molecule has 16 heavy (non-hydrogen) atoms. The van der Waals surface area contributed by atoms with Crippen LogP contribution in [0.1, 0.15) is 25.0 Å². The standard InChI is InChI=1S/C13H19NO2/c1-9(2)7-14-8-11-6-12(16-4)5-10(3)13(11)15/h5-6,8-9,15H,7H2,1-4H3. The fraction of sp³-hybridized carbons (Fsp3) is 0.462. The van der Waals surface area contributed by atoms with Crippen LogP contribution >= 0.6 is 0 Å². The highest BCUT2D eigenvalue weighted by Crippen LogP contribution is 2.26. The van der Waals surface area contributed by atoms with Crippen molar-refractivity contribution in [3.05, 3.63) is 23.3 Å². The van der Waals surface area contributed by atoms with Gasteiger partial charge in [-0.25, -0.2) is 0 Å². The second-order valence-electron chi connectivity index (χ2n) is 4.27. The van der Waals surface area contributed by atoms with Gasteiger partial charge in [0.05, 0.1) is 7.11 Å². The van der Waals surface area contributed by atoms with Crippen LogP contribution in [0, 0.1) is 12.8 Å². The first-order valence-electron chi connectivity index (χ1n) is 5.42.